The lowest BCUT2D eigenvalue weighted by atomic mass is 9.82. The summed E-state index contributed by atoms with van der Waals surface area (Å²) in [5, 5.41) is 23.6. The standard InChI is InChI=1S/C14H17N3O4/c18-9-14(6-2-1-3-7-14)16-13-15-11-5-4-10(17(19)20)8-12(11)21-13/h4-5,8,18H,1-3,6-7,9H2,(H,15,16). The zero-order valence-electron chi connectivity index (χ0n) is 11.5. The van der Waals surface area contributed by atoms with Gasteiger partial charge in [-0.2, -0.15) is 4.98 Å². The van der Waals surface area contributed by atoms with Crippen LogP contribution in [0.2, 0.25) is 0 Å². The lowest BCUT2D eigenvalue weighted by Gasteiger charge is -2.35. The van der Waals surface area contributed by atoms with Crippen molar-refractivity contribution >= 4 is 22.8 Å². The number of hydrogen-bond donors (Lipinski definition) is 2. The van der Waals surface area contributed by atoms with Crippen LogP contribution in [0.5, 0.6) is 0 Å². The molecular formula is C14H17N3O4. The Bertz CT molecular complexity index is 661. The van der Waals surface area contributed by atoms with E-state index in [2.05, 4.69) is 10.3 Å². The van der Waals surface area contributed by atoms with Crippen LogP contribution >= 0.6 is 0 Å². The molecule has 1 heterocycles. The molecule has 1 aliphatic carbocycles. The monoisotopic (exact) mass is 291 g/mol. The van der Waals surface area contributed by atoms with Crippen LogP contribution < -0.4 is 5.32 Å². The van der Waals surface area contributed by atoms with Gasteiger partial charge in [0.2, 0.25) is 0 Å². The largest absolute Gasteiger partial charge is 0.423 e. The number of aromatic nitrogens is 1. The van der Waals surface area contributed by atoms with E-state index in [0.717, 1.165) is 25.7 Å². The van der Waals surface area contributed by atoms with Crippen molar-refractivity contribution in [1.82, 2.24) is 4.98 Å². The number of anilines is 1. The van der Waals surface area contributed by atoms with Crippen molar-refractivity contribution in [3.63, 3.8) is 0 Å². The van der Waals surface area contributed by atoms with Gasteiger partial charge in [-0.15, -0.1) is 0 Å². The van der Waals surface area contributed by atoms with E-state index in [4.69, 9.17) is 4.42 Å². The Kier molecular flexibility index (Phi) is 3.50. The fraction of sp³-hybridized carbons (Fsp3) is 0.500. The second kappa shape index (κ2) is 5.33. The summed E-state index contributed by atoms with van der Waals surface area (Å²) in [7, 11) is 0. The topological polar surface area (TPSA) is 101 Å². The summed E-state index contributed by atoms with van der Waals surface area (Å²) in [6.07, 6.45) is 5.01. The maximum atomic E-state index is 10.8. The number of fused-ring (bicyclic) bond motifs is 1. The van der Waals surface area contributed by atoms with E-state index in [9.17, 15) is 15.2 Å². The molecule has 7 heteroatoms. The highest BCUT2D eigenvalue weighted by molar-refractivity contribution is 5.77. The molecule has 1 aliphatic rings. The summed E-state index contributed by atoms with van der Waals surface area (Å²) in [4.78, 5) is 14.6. The van der Waals surface area contributed by atoms with Crippen molar-refractivity contribution in [2.75, 3.05) is 11.9 Å². The van der Waals surface area contributed by atoms with Crippen molar-refractivity contribution in [3.05, 3.63) is 28.3 Å². The molecule has 1 aromatic carbocycles. The molecule has 7 nitrogen and oxygen atoms in total. The molecule has 0 saturated heterocycles. The van der Waals surface area contributed by atoms with Gasteiger partial charge in [-0.25, -0.2) is 0 Å². The predicted octanol–water partition coefficient (Wildman–Crippen LogP) is 2.84. The van der Waals surface area contributed by atoms with Crippen LogP contribution in [-0.4, -0.2) is 27.2 Å². The van der Waals surface area contributed by atoms with Gasteiger partial charge in [-0.3, -0.25) is 10.1 Å². The minimum Gasteiger partial charge on any atom is -0.423 e. The molecular weight excluding hydrogens is 274 g/mol. The normalized spacial score (nSPS) is 17.8. The third kappa shape index (κ3) is 2.69. The molecule has 0 radical (unpaired) electrons. The maximum Gasteiger partial charge on any atom is 0.296 e. The van der Waals surface area contributed by atoms with Crippen LogP contribution in [0.3, 0.4) is 0 Å². The van der Waals surface area contributed by atoms with Gasteiger partial charge in [-0.05, 0) is 18.9 Å². The van der Waals surface area contributed by atoms with Crippen LogP contribution in [0.15, 0.2) is 22.6 Å². The highest BCUT2D eigenvalue weighted by atomic mass is 16.6. The van der Waals surface area contributed by atoms with Gasteiger partial charge in [0.25, 0.3) is 11.7 Å². The zero-order valence-corrected chi connectivity index (χ0v) is 11.5. The smallest absolute Gasteiger partial charge is 0.296 e. The first-order valence-corrected chi connectivity index (χ1v) is 7.06. The van der Waals surface area contributed by atoms with Crippen molar-refractivity contribution in [1.29, 1.82) is 0 Å². The summed E-state index contributed by atoms with van der Waals surface area (Å²) < 4.78 is 5.55. The molecule has 0 atom stereocenters. The van der Waals surface area contributed by atoms with E-state index in [1.807, 2.05) is 0 Å². The van der Waals surface area contributed by atoms with Gasteiger partial charge in [0.05, 0.1) is 23.1 Å². The van der Waals surface area contributed by atoms with Gasteiger partial charge < -0.3 is 14.8 Å². The zero-order chi connectivity index (χ0) is 14.9. The molecule has 1 fully saturated rings. The minimum absolute atomic E-state index is 0.0197. The molecule has 0 spiro atoms. The number of nitro groups is 1. The molecule has 2 N–H and O–H groups in total. The van der Waals surface area contributed by atoms with Crippen LogP contribution in [0.4, 0.5) is 11.7 Å². The average Bonchev–Trinajstić information content (AvgIpc) is 2.89. The second-order valence-corrected chi connectivity index (χ2v) is 5.55. The molecule has 21 heavy (non-hydrogen) atoms. The van der Waals surface area contributed by atoms with Gasteiger partial charge >= 0.3 is 0 Å². The van der Waals surface area contributed by atoms with E-state index >= 15 is 0 Å². The number of aliphatic hydroxyl groups is 1. The highest BCUT2D eigenvalue weighted by Gasteiger charge is 2.32. The average molecular weight is 291 g/mol. The number of aliphatic hydroxyl groups excluding tert-OH is 1. The quantitative estimate of drug-likeness (QED) is 0.663. The second-order valence-electron chi connectivity index (χ2n) is 5.55. The van der Waals surface area contributed by atoms with Gasteiger partial charge in [-0.1, -0.05) is 19.3 Å². The lowest BCUT2D eigenvalue weighted by Crippen LogP contribution is -2.43. The Hall–Kier alpha value is -2.15. The number of nitrogens with one attached hydrogen (secondary N) is 1. The Labute approximate surface area is 121 Å². The summed E-state index contributed by atoms with van der Waals surface area (Å²) in [6, 6.07) is 4.63. The molecule has 0 unspecified atom stereocenters. The number of oxazole rings is 1. The Morgan fingerprint density at radius 3 is 2.81 bits per heavy atom. The maximum absolute atomic E-state index is 10.8. The fourth-order valence-electron chi connectivity index (χ4n) is 2.86. The summed E-state index contributed by atoms with van der Waals surface area (Å²) in [5.74, 6) is 0. The molecule has 3 rings (SSSR count). The van der Waals surface area contributed by atoms with Crippen molar-refractivity contribution in [2.45, 2.75) is 37.6 Å². The van der Waals surface area contributed by atoms with Crippen molar-refractivity contribution in [3.8, 4) is 0 Å². The van der Waals surface area contributed by atoms with Crippen LogP contribution in [0.1, 0.15) is 32.1 Å². The van der Waals surface area contributed by atoms with E-state index in [1.54, 1.807) is 6.07 Å². The first-order chi connectivity index (χ1) is 10.1. The third-order valence-electron chi connectivity index (χ3n) is 4.07. The third-order valence-corrected chi connectivity index (χ3v) is 4.07. The molecule has 0 bridgehead atoms. The number of benzene rings is 1. The van der Waals surface area contributed by atoms with E-state index in [-0.39, 0.29) is 12.3 Å². The van der Waals surface area contributed by atoms with Gasteiger partial charge in [0.1, 0.15) is 5.52 Å². The van der Waals surface area contributed by atoms with Crippen LogP contribution in [0.25, 0.3) is 11.1 Å². The number of hydrogen-bond acceptors (Lipinski definition) is 6. The first kappa shape index (κ1) is 13.8. The summed E-state index contributed by atoms with van der Waals surface area (Å²) >= 11 is 0. The van der Waals surface area contributed by atoms with Crippen LogP contribution in [0, 0.1) is 10.1 Å². The van der Waals surface area contributed by atoms with Crippen LogP contribution in [-0.2, 0) is 0 Å². The summed E-state index contributed by atoms with van der Waals surface area (Å²) in [5.41, 5.74) is 0.507. The van der Waals surface area contributed by atoms with E-state index in [0.29, 0.717) is 17.1 Å². The Balaban J connectivity index is 1.88. The number of non-ortho nitro benzene ring substituents is 1. The number of nitrogens with zero attached hydrogens (tertiary/aromatic N) is 2. The van der Waals surface area contributed by atoms with Crippen molar-refractivity contribution < 1.29 is 14.4 Å². The molecule has 0 amide bonds. The minimum atomic E-state index is -0.467. The molecule has 1 aromatic heterocycles. The fourth-order valence-corrected chi connectivity index (χ4v) is 2.86. The molecule has 2 aromatic rings. The van der Waals surface area contributed by atoms with Gasteiger partial charge in [0.15, 0.2) is 5.58 Å². The van der Waals surface area contributed by atoms with Gasteiger partial charge in [0, 0.05) is 6.07 Å². The molecule has 0 aliphatic heterocycles. The first-order valence-electron chi connectivity index (χ1n) is 7.06. The summed E-state index contributed by atoms with van der Waals surface area (Å²) in [6.45, 7) is 0.0197. The molecule has 1 saturated carbocycles. The van der Waals surface area contributed by atoms with E-state index < -0.39 is 10.5 Å². The van der Waals surface area contributed by atoms with E-state index in [1.165, 1.54) is 18.6 Å². The molecule has 112 valence electrons. The van der Waals surface area contributed by atoms with Crippen molar-refractivity contribution in [2.24, 2.45) is 0 Å². The highest BCUT2D eigenvalue weighted by Crippen LogP contribution is 2.32. The SMILES string of the molecule is O=[N+]([O-])c1ccc2nc(NC3(CO)CCCCC3)oc2c1. The predicted molar refractivity (Wildman–Crippen MR) is 77.2 cm³/mol. The Morgan fingerprint density at radius 2 is 2.14 bits per heavy atom. The number of nitro benzene ring substituents is 1. The Morgan fingerprint density at radius 1 is 1.38 bits per heavy atom. The lowest BCUT2D eigenvalue weighted by molar-refractivity contribution is -0.384. The number of rotatable bonds is 4.